The molecule has 1 aromatic carbocycles. The van der Waals surface area contributed by atoms with Gasteiger partial charge in [-0.05, 0) is 31.4 Å². The third-order valence-corrected chi connectivity index (χ3v) is 3.55. The summed E-state index contributed by atoms with van der Waals surface area (Å²) < 4.78 is 14.8. The molecule has 1 rings (SSSR count). The van der Waals surface area contributed by atoms with Crippen LogP contribution in [0.25, 0.3) is 0 Å². The maximum absolute atomic E-state index is 12.0. The highest BCUT2D eigenvalue weighted by atomic mass is 32.2. The Kier molecular flexibility index (Phi) is 5.33. The number of nitrogens with one attached hydrogen (secondary N) is 1. The predicted octanol–water partition coefficient (Wildman–Crippen LogP) is 2.55. The van der Waals surface area contributed by atoms with Crippen LogP contribution in [-0.2, 0) is 11.0 Å². The van der Waals surface area contributed by atoms with Gasteiger partial charge in [0.2, 0.25) is 0 Å². The van der Waals surface area contributed by atoms with E-state index in [9.17, 15) is 4.21 Å². The third-order valence-electron chi connectivity index (χ3n) is 2.35. The van der Waals surface area contributed by atoms with Gasteiger partial charge >= 0.3 is 0 Å². The molecule has 0 bridgehead atoms. The normalized spacial score (nSPS) is 14.3. The molecule has 0 heterocycles. The lowest BCUT2D eigenvalue weighted by atomic mass is 10.1. The summed E-state index contributed by atoms with van der Waals surface area (Å²) in [5, 5.41) is 8.97. The van der Waals surface area contributed by atoms with Crippen LogP contribution in [0.3, 0.4) is 0 Å². The first kappa shape index (κ1) is 13.9. The molecule has 92 valence electrons. The molecule has 0 aliphatic heterocycles. The van der Waals surface area contributed by atoms with Crippen molar-refractivity contribution >= 4 is 11.0 Å². The molecule has 0 radical (unpaired) electrons. The van der Waals surface area contributed by atoms with Crippen LogP contribution < -0.4 is 4.72 Å². The molecule has 3 nitrogen and oxygen atoms in total. The highest BCUT2D eigenvalue weighted by molar-refractivity contribution is 7.83. The fraction of sp³-hybridized carbons (Fsp3) is 0.462. The van der Waals surface area contributed by atoms with E-state index in [1.54, 1.807) is 0 Å². The number of aryl methyl sites for hydroxylation is 1. The van der Waals surface area contributed by atoms with Crippen molar-refractivity contribution in [2.24, 2.45) is 5.92 Å². The third kappa shape index (κ3) is 4.68. The first-order valence-electron chi connectivity index (χ1n) is 5.67. The SMILES string of the molecule is Cc1ccc([S@](=O)N[C@@H](C#N)CC(C)C)cc1. The minimum Gasteiger partial charge on any atom is -0.237 e. The fourth-order valence-corrected chi connectivity index (χ4v) is 2.38. The van der Waals surface area contributed by atoms with E-state index in [-0.39, 0.29) is 6.04 Å². The molecule has 0 saturated heterocycles. The van der Waals surface area contributed by atoms with E-state index >= 15 is 0 Å². The maximum atomic E-state index is 12.0. The molecule has 0 amide bonds. The molecule has 1 N–H and O–H groups in total. The van der Waals surface area contributed by atoms with Gasteiger partial charge in [-0.3, -0.25) is 0 Å². The monoisotopic (exact) mass is 250 g/mol. The summed E-state index contributed by atoms with van der Waals surface area (Å²) in [6.45, 7) is 6.07. The largest absolute Gasteiger partial charge is 0.237 e. The molecule has 0 aliphatic carbocycles. The number of benzene rings is 1. The number of nitrogens with zero attached hydrogens (tertiary/aromatic N) is 1. The van der Waals surface area contributed by atoms with Gasteiger partial charge in [-0.1, -0.05) is 31.5 Å². The number of nitriles is 1. The van der Waals surface area contributed by atoms with Crippen molar-refractivity contribution in [3.63, 3.8) is 0 Å². The molecule has 0 aliphatic rings. The van der Waals surface area contributed by atoms with Gasteiger partial charge < -0.3 is 0 Å². The molecule has 0 fully saturated rings. The first-order chi connectivity index (χ1) is 8.02. The van der Waals surface area contributed by atoms with Gasteiger partial charge in [-0.15, -0.1) is 0 Å². The zero-order valence-corrected chi connectivity index (χ0v) is 11.3. The highest BCUT2D eigenvalue weighted by Crippen LogP contribution is 2.09. The second kappa shape index (κ2) is 6.53. The van der Waals surface area contributed by atoms with E-state index in [0.717, 1.165) is 5.56 Å². The van der Waals surface area contributed by atoms with E-state index in [4.69, 9.17) is 5.26 Å². The van der Waals surface area contributed by atoms with E-state index in [2.05, 4.69) is 10.8 Å². The van der Waals surface area contributed by atoms with E-state index in [0.29, 0.717) is 17.2 Å². The summed E-state index contributed by atoms with van der Waals surface area (Å²) in [6.07, 6.45) is 0.702. The van der Waals surface area contributed by atoms with Gasteiger partial charge in [-0.2, -0.15) is 5.26 Å². The topological polar surface area (TPSA) is 52.9 Å². The summed E-state index contributed by atoms with van der Waals surface area (Å²) in [5.74, 6) is 0.405. The van der Waals surface area contributed by atoms with Crippen molar-refractivity contribution in [3.8, 4) is 6.07 Å². The van der Waals surface area contributed by atoms with Crippen LogP contribution in [0.15, 0.2) is 29.2 Å². The molecular weight excluding hydrogens is 232 g/mol. The van der Waals surface area contributed by atoms with Gasteiger partial charge in [-0.25, -0.2) is 8.93 Å². The van der Waals surface area contributed by atoms with Crippen molar-refractivity contribution in [3.05, 3.63) is 29.8 Å². The Bertz CT molecular complexity index is 420. The maximum Gasteiger partial charge on any atom is 0.126 e. The van der Waals surface area contributed by atoms with Crippen LogP contribution in [0.4, 0.5) is 0 Å². The van der Waals surface area contributed by atoms with E-state index in [1.165, 1.54) is 0 Å². The molecule has 1 aromatic rings. The Morgan fingerprint density at radius 1 is 1.35 bits per heavy atom. The second-order valence-electron chi connectivity index (χ2n) is 4.51. The lowest BCUT2D eigenvalue weighted by Crippen LogP contribution is -2.30. The van der Waals surface area contributed by atoms with Crippen molar-refractivity contribution in [2.45, 2.75) is 38.1 Å². The van der Waals surface area contributed by atoms with Crippen LogP contribution >= 0.6 is 0 Å². The summed E-state index contributed by atoms with van der Waals surface area (Å²) in [7, 11) is -1.31. The Hall–Kier alpha value is -1.18. The average Bonchev–Trinajstić information content (AvgIpc) is 2.28. The smallest absolute Gasteiger partial charge is 0.126 e. The fourth-order valence-electron chi connectivity index (χ4n) is 1.46. The average molecular weight is 250 g/mol. The molecule has 17 heavy (non-hydrogen) atoms. The molecule has 0 spiro atoms. The lowest BCUT2D eigenvalue weighted by molar-refractivity contribution is 0.529. The van der Waals surface area contributed by atoms with Crippen LogP contribution in [0.1, 0.15) is 25.8 Å². The van der Waals surface area contributed by atoms with Crippen molar-refractivity contribution in [1.29, 1.82) is 5.26 Å². The van der Waals surface area contributed by atoms with Crippen LogP contribution in [0.5, 0.6) is 0 Å². The summed E-state index contributed by atoms with van der Waals surface area (Å²) >= 11 is 0. The number of rotatable bonds is 5. The molecule has 0 aromatic heterocycles. The minimum absolute atomic E-state index is 0.364. The zero-order valence-electron chi connectivity index (χ0n) is 10.4. The van der Waals surface area contributed by atoms with Gasteiger partial charge in [0, 0.05) is 0 Å². The van der Waals surface area contributed by atoms with Gasteiger partial charge in [0.05, 0.1) is 11.0 Å². The quantitative estimate of drug-likeness (QED) is 0.873. The van der Waals surface area contributed by atoms with Crippen molar-refractivity contribution in [2.75, 3.05) is 0 Å². The standard InChI is InChI=1S/C13H18N2OS/c1-10(2)8-12(9-14)15-17(16)13-6-4-11(3)5-7-13/h4-7,10,12,15H,8H2,1-3H3/t12-,17+/m1/s1. The van der Waals surface area contributed by atoms with Gasteiger partial charge in [0.15, 0.2) is 0 Å². The van der Waals surface area contributed by atoms with Crippen molar-refractivity contribution in [1.82, 2.24) is 4.72 Å². The highest BCUT2D eigenvalue weighted by Gasteiger charge is 2.13. The molecule has 0 saturated carbocycles. The first-order valence-corrected chi connectivity index (χ1v) is 6.82. The number of hydrogen-bond donors (Lipinski definition) is 1. The Morgan fingerprint density at radius 2 is 1.94 bits per heavy atom. The lowest BCUT2D eigenvalue weighted by Gasteiger charge is -2.13. The summed E-state index contributed by atoms with van der Waals surface area (Å²) in [5.41, 5.74) is 1.13. The van der Waals surface area contributed by atoms with Gasteiger partial charge in [0.25, 0.3) is 0 Å². The molecule has 4 heteroatoms. The Balaban J connectivity index is 2.65. The van der Waals surface area contributed by atoms with E-state index in [1.807, 2.05) is 45.0 Å². The minimum atomic E-state index is -1.31. The van der Waals surface area contributed by atoms with Gasteiger partial charge in [0.1, 0.15) is 17.0 Å². The van der Waals surface area contributed by atoms with Crippen LogP contribution in [-0.4, -0.2) is 10.3 Å². The predicted molar refractivity (Wildman–Crippen MR) is 69.6 cm³/mol. The Labute approximate surface area is 105 Å². The molecule has 0 unspecified atom stereocenters. The number of hydrogen-bond acceptors (Lipinski definition) is 2. The summed E-state index contributed by atoms with van der Waals surface area (Å²) in [6, 6.07) is 9.25. The van der Waals surface area contributed by atoms with Crippen LogP contribution in [0.2, 0.25) is 0 Å². The molecular formula is C13H18N2OS. The summed E-state index contributed by atoms with van der Waals surface area (Å²) in [4.78, 5) is 0.708. The Morgan fingerprint density at radius 3 is 2.41 bits per heavy atom. The van der Waals surface area contributed by atoms with Crippen molar-refractivity contribution < 1.29 is 4.21 Å². The van der Waals surface area contributed by atoms with E-state index < -0.39 is 11.0 Å². The molecule has 2 atom stereocenters. The second-order valence-corrected chi connectivity index (χ2v) is 5.76. The zero-order chi connectivity index (χ0) is 12.8. The van der Waals surface area contributed by atoms with Crippen LogP contribution in [0, 0.1) is 24.2 Å².